The third-order valence-corrected chi connectivity index (χ3v) is 3.54. The number of aromatic nitrogens is 1. The molecule has 2 heterocycles. The standard InChI is InChI=1S/C15H19N3O/c1-10-5-6-15(19-10)11(2)17-9-13-7-14(8-16)18(4)12(13)3/h5-7,11,17H,9H2,1-4H3. The SMILES string of the molecule is Cc1ccc(C(C)NCc2cc(C#N)n(C)c2C)o1. The van der Waals surface area contributed by atoms with Crippen molar-refractivity contribution in [2.75, 3.05) is 0 Å². The third kappa shape index (κ3) is 2.72. The van der Waals surface area contributed by atoms with Crippen LogP contribution in [0.1, 0.15) is 41.4 Å². The van der Waals surface area contributed by atoms with E-state index in [0.717, 1.165) is 29.3 Å². The van der Waals surface area contributed by atoms with E-state index in [2.05, 4.69) is 18.3 Å². The average molecular weight is 257 g/mol. The van der Waals surface area contributed by atoms with Crippen molar-refractivity contribution in [1.29, 1.82) is 5.26 Å². The van der Waals surface area contributed by atoms with E-state index in [4.69, 9.17) is 9.68 Å². The van der Waals surface area contributed by atoms with Crippen molar-refractivity contribution < 1.29 is 4.42 Å². The van der Waals surface area contributed by atoms with Gasteiger partial charge in [0.1, 0.15) is 23.3 Å². The van der Waals surface area contributed by atoms with E-state index in [1.165, 1.54) is 0 Å². The topological polar surface area (TPSA) is 53.9 Å². The minimum atomic E-state index is 0.152. The Morgan fingerprint density at radius 1 is 1.42 bits per heavy atom. The quantitative estimate of drug-likeness (QED) is 0.916. The van der Waals surface area contributed by atoms with Crippen LogP contribution in [0, 0.1) is 25.2 Å². The van der Waals surface area contributed by atoms with Crippen LogP contribution < -0.4 is 5.32 Å². The zero-order valence-corrected chi connectivity index (χ0v) is 11.8. The number of nitrogens with zero attached hydrogens (tertiary/aromatic N) is 2. The molecular formula is C15H19N3O. The molecule has 4 nitrogen and oxygen atoms in total. The second-order valence-corrected chi connectivity index (χ2v) is 4.86. The van der Waals surface area contributed by atoms with Crippen LogP contribution in [-0.2, 0) is 13.6 Å². The Labute approximate surface area is 113 Å². The maximum absolute atomic E-state index is 9.01. The van der Waals surface area contributed by atoms with Crippen LogP contribution in [-0.4, -0.2) is 4.57 Å². The highest BCUT2D eigenvalue weighted by Crippen LogP contribution is 2.18. The minimum Gasteiger partial charge on any atom is -0.465 e. The van der Waals surface area contributed by atoms with E-state index in [-0.39, 0.29) is 6.04 Å². The van der Waals surface area contributed by atoms with Gasteiger partial charge in [-0.05, 0) is 44.5 Å². The molecule has 0 fully saturated rings. The fraction of sp³-hybridized carbons (Fsp3) is 0.400. The van der Waals surface area contributed by atoms with Crippen molar-refractivity contribution >= 4 is 0 Å². The first-order valence-electron chi connectivity index (χ1n) is 6.38. The summed E-state index contributed by atoms with van der Waals surface area (Å²) in [5, 5.41) is 12.4. The largest absolute Gasteiger partial charge is 0.465 e. The predicted molar refractivity (Wildman–Crippen MR) is 73.6 cm³/mol. The molecule has 19 heavy (non-hydrogen) atoms. The molecule has 0 aliphatic heterocycles. The van der Waals surface area contributed by atoms with E-state index in [1.54, 1.807) is 0 Å². The van der Waals surface area contributed by atoms with Crippen LogP contribution in [0.3, 0.4) is 0 Å². The van der Waals surface area contributed by atoms with Gasteiger partial charge in [-0.3, -0.25) is 0 Å². The van der Waals surface area contributed by atoms with Crippen LogP contribution in [0.4, 0.5) is 0 Å². The molecule has 0 aromatic carbocycles. The molecule has 1 N–H and O–H groups in total. The van der Waals surface area contributed by atoms with Gasteiger partial charge in [-0.2, -0.15) is 5.26 Å². The van der Waals surface area contributed by atoms with Gasteiger partial charge in [0.15, 0.2) is 0 Å². The summed E-state index contributed by atoms with van der Waals surface area (Å²) in [4.78, 5) is 0. The summed E-state index contributed by atoms with van der Waals surface area (Å²) in [6.07, 6.45) is 0. The Kier molecular flexibility index (Phi) is 3.77. The number of nitrogens with one attached hydrogen (secondary N) is 1. The molecule has 0 aliphatic carbocycles. The number of aryl methyl sites for hydroxylation is 1. The summed E-state index contributed by atoms with van der Waals surface area (Å²) in [5.74, 6) is 1.86. The first-order valence-corrected chi connectivity index (χ1v) is 6.38. The lowest BCUT2D eigenvalue weighted by molar-refractivity contribution is 0.415. The number of hydrogen-bond donors (Lipinski definition) is 1. The second kappa shape index (κ2) is 5.33. The lowest BCUT2D eigenvalue weighted by Crippen LogP contribution is -2.17. The van der Waals surface area contributed by atoms with Gasteiger partial charge in [0.25, 0.3) is 0 Å². The minimum absolute atomic E-state index is 0.152. The van der Waals surface area contributed by atoms with Crippen molar-refractivity contribution in [3.8, 4) is 6.07 Å². The van der Waals surface area contributed by atoms with E-state index < -0.39 is 0 Å². The fourth-order valence-corrected chi connectivity index (χ4v) is 2.10. The van der Waals surface area contributed by atoms with Crippen LogP contribution in [0.15, 0.2) is 22.6 Å². The average Bonchev–Trinajstić information content (AvgIpc) is 2.94. The predicted octanol–water partition coefficient (Wildman–Crippen LogP) is 2.96. The Morgan fingerprint density at radius 3 is 2.68 bits per heavy atom. The first kappa shape index (κ1) is 13.4. The lowest BCUT2D eigenvalue weighted by Gasteiger charge is -2.11. The Hall–Kier alpha value is -1.99. The molecule has 2 rings (SSSR count). The van der Waals surface area contributed by atoms with Gasteiger partial charge < -0.3 is 14.3 Å². The second-order valence-electron chi connectivity index (χ2n) is 4.86. The monoisotopic (exact) mass is 257 g/mol. The summed E-state index contributed by atoms with van der Waals surface area (Å²) >= 11 is 0. The van der Waals surface area contributed by atoms with Crippen molar-refractivity contribution in [1.82, 2.24) is 9.88 Å². The third-order valence-electron chi connectivity index (χ3n) is 3.54. The summed E-state index contributed by atoms with van der Waals surface area (Å²) < 4.78 is 7.51. The Bertz CT molecular complexity index is 616. The molecule has 4 heteroatoms. The number of rotatable bonds is 4. The fourth-order valence-electron chi connectivity index (χ4n) is 2.10. The number of nitriles is 1. The lowest BCUT2D eigenvalue weighted by atomic mass is 10.2. The highest BCUT2D eigenvalue weighted by Gasteiger charge is 2.12. The maximum Gasteiger partial charge on any atom is 0.120 e. The maximum atomic E-state index is 9.01. The summed E-state index contributed by atoms with van der Waals surface area (Å²) in [6.45, 7) is 6.76. The van der Waals surface area contributed by atoms with E-state index in [1.807, 2.05) is 43.7 Å². The van der Waals surface area contributed by atoms with Crippen LogP contribution >= 0.6 is 0 Å². The molecule has 2 aromatic rings. The molecule has 0 radical (unpaired) electrons. The number of hydrogen-bond acceptors (Lipinski definition) is 3. The molecule has 0 aliphatic rings. The molecular weight excluding hydrogens is 238 g/mol. The van der Waals surface area contributed by atoms with Crippen molar-refractivity contribution in [2.45, 2.75) is 33.4 Å². The van der Waals surface area contributed by atoms with Gasteiger partial charge in [-0.15, -0.1) is 0 Å². The van der Waals surface area contributed by atoms with Crippen LogP contribution in [0.25, 0.3) is 0 Å². The Morgan fingerprint density at radius 2 is 2.16 bits per heavy atom. The molecule has 0 saturated heterocycles. The zero-order valence-electron chi connectivity index (χ0n) is 11.8. The molecule has 0 bridgehead atoms. The van der Waals surface area contributed by atoms with Crippen molar-refractivity contribution in [3.05, 3.63) is 46.7 Å². The highest BCUT2D eigenvalue weighted by molar-refractivity contribution is 5.34. The van der Waals surface area contributed by atoms with Crippen LogP contribution in [0.2, 0.25) is 0 Å². The van der Waals surface area contributed by atoms with Crippen LogP contribution in [0.5, 0.6) is 0 Å². The molecule has 0 spiro atoms. The molecule has 0 saturated carbocycles. The summed E-state index contributed by atoms with van der Waals surface area (Å²) in [6, 6.07) is 8.24. The molecule has 1 atom stereocenters. The van der Waals surface area contributed by atoms with Gasteiger partial charge >= 0.3 is 0 Å². The number of furan rings is 1. The van der Waals surface area contributed by atoms with E-state index in [9.17, 15) is 0 Å². The van der Waals surface area contributed by atoms with Gasteiger partial charge in [0.2, 0.25) is 0 Å². The molecule has 100 valence electrons. The van der Waals surface area contributed by atoms with Gasteiger partial charge in [-0.25, -0.2) is 0 Å². The van der Waals surface area contributed by atoms with E-state index in [0.29, 0.717) is 5.69 Å². The Balaban J connectivity index is 2.05. The van der Waals surface area contributed by atoms with Gasteiger partial charge in [0.05, 0.1) is 6.04 Å². The highest BCUT2D eigenvalue weighted by atomic mass is 16.3. The normalized spacial score (nSPS) is 12.4. The van der Waals surface area contributed by atoms with Crippen molar-refractivity contribution in [3.63, 3.8) is 0 Å². The van der Waals surface area contributed by atoms with Gasteiger partial charge in [-0.1, -0.05) is 0 Å². The molecule has 2 aromatic heterocycles. The molecule has 0 amide bonds. The summed E-state index contributed by atoms with van der Waals surface area (Å²) in [5.41, 5.74) is 2.96. The van der Waals surface area contributed by atoms with Gasteiger partial charge in [0, 0.05) is 19.3 Å². The summed E-state index contributed by atoms with van der Waals surface area (Å²) in [7, 11) is 1.91. The molecule has 1 unspecified atom stereocenters. The first-order chi connectivity index (χ1) is 9.02. The smallest absolute Gasteiger partial charge is 0.120 e. The van der Waals surface area contributed by atoms with E-state index >= 15 is 0 Å². The zero-order chi connectivity index (χ0) is 14.0. The van der Waals surface area contributed by atoms with Crippen molar-refractivity contribution in [2.24, 2.45) is 7.05 Å².